The normalized spacial score (nSPS) is 15.9. The Morgan fingerprint density at radius 3 is 2.74 bits per heavy atom. The average molecular weight is 496 g/mol. The summed E-state index contributed by atoms with van der Waals surface area (Å²) in [6, 6.07) is 12.0. The van der Waals surface area contributed by atoms with Gasteiger partial charge in [-0.2, -0.15) is 0 Å². The highest BCUT2D eigenvalue weighted by atomic mass is 32.2. The first-order valence-electron chi connectivity index (χ1n) is 11.2. The van der Waals surface area contributed by atoms with E-state index in [1.165, 1.54) is 11.3 Å². The minimum Gasteiger partial charge on any atom is -0.611 e. The van der Waals surface area contributed by atoms with E-state index in [-0.39, 0.29) is 11.9 Å². The topological polar surface area (TPSA) is 110 Å². The quantitative estimate of drug-likeness (QED) is 0.284. The molecule has 1 fully saturated rings. The molecule has 4 rings (SSSR count). The number of benzene rings is 1. The maximum absolute atomic E-state index is 13.2. The molecule has 178 valence electrons. The third kappa shape index (κ3) is 4.88. The second-order valence-electron chi connectivity index (χ2n) is 8.30. The van der Waals surface area contributed by atoms with Crippen LogP contribution in [0.5, 0.6) is 0 Å². The van der Waals surface area contributed by atoms with Crippen molar-refractivity contribution in [2.45, 2.75) is 35.6 Å². The zero-order valence-electron chi connectivity index (χ0n) is 19.4. The zero-order valence-corrected chi connectivity index (χ0v) is 21.0. The number of aliphatic hydroxyl groups is 1. The predicted octanol–water partition coefficient (Wildman–Crippen LogP) is 4.55. The van der Waals surface area contributed by atoms with Crippen LogP contribution in [0.25, 0.3) is 26.9 Å². The van der Waals surface area contributed by atoms with E-state index < -0.39 is 11.2 Å². The van der Waals surface area contributed by atoms with Gasteiger partial charge in [-0.15, -0.1) is 0 Å². The Bertz CT molecular complexity index is 1240. The highest BCUT2D eigenvalue weighted by Crippen LogP contribution is 2.45. The van der Waals surface area contributed by atoms with Gasteiger partial charge in [0.1, 0.15) is 15.8 Å². The number of fused-ring (bicyclic) bond motifs is 1. The number of nitrogens with two attached hydrogens (primary N) is 1. The van der Waals surface area contributed by atoms with Crippen molar-refractivity contribution in [2.24, 2.45) is 9.98 Å². The van der Waals surface area contributed by atoms with Crippen molar-refractivity contribution < 1.29 is 9.66 Å². The first kappa shape index (κ1) is 24.4. The number of pyridine rings is 1. The van der Waals surface area contributed by atoms with E-state index in [1.807, 2.05) is 43.3 Å². The smallest absolute Gasteiger partial charge is 0.232 e. The second kappa shape index (κ2) is 10.7. The molecule has 1 atom stereocenters. The van der Waals surface area contributed by atoms with Gasteiger partial charge in [0.15, 0.2) is 0 Å². The van der Waals surface area contributed by atoms with Gasteiger partial charge in [0.25, 0.3) is 0 Å². The first-order valence-corrected chi connectivity index (χ1v) is 13.2. The van der Waals surface area contributed by atoms with Crippen molar-refractivity contribution in [3.05, 3.63) is 48.3 Å². The van der Waals surface area contributed by atoms with E-state index in [2.05, 4.69) is 16.7 Å². The highest BCUT2D eigenvalue weighted by Gasteiger charge is 2.35. The molecule has 3 aromatic rings. The number of aromatic nitrogens is 1. The van der Waals surface area contributed by atoms with Crippen LogP contribution in [0.2, 0.25) is 0 Å². The van der Waals surface area contributed by atoms with Crippen LogP contribution >= 0.6 is 11.3 Å². The summed E-state index contributed by atoms with van der Waals surface area (Å²) in [7, 11) is 1.79. The van der Waals surface area contributed by atoms with Crippen LogP contribution < -0.4 is 5.73 Å². The van der Waals surface area contributed by atoms with E-state index >= 15 is 0 Å². The number of aliphatic hydroxyl groups excluding tert-OH is 1. The molecule has 9 heteroatoms. The molecular formula is C25H29N5O2S2. The Kier molecular flexibility index (Phi) is 7.67. The number of thiophene rings is 1. The lowest BCUT2D eigenvalue weighted by Gasteiger charge is -2.27. The number of likely N-dealkylation sites (N-methyl/N-ethyl adjacent to an activating group) is 1. The summed E-state index contributed by atoms with van der Waals surface area (Å²) in [5.41, 5.74) is 10.7. The molecule has 1 saturated carbocycles. The fourth-order valence-corrected chi connectivity index (χ4v) is 6.97. The number of hydrogen-bond donors (Lipinski definition) is 2. The van der Waals surface area contributed by atoms with E-state index in [4.69, 9.17) is 10.7 Å². The minimum absolute atomic E-state index is 0.00322. The first-order chi connectivity index (χ1) is 16.4. The summed E-state index contributed by atoms with van der Waals surface area (Å²) in [6.45, 7) is 5.91. The molecule has 3 N–H and O–H groups in total. The van der Waals surface area contributed by atoms with E-state index in [1.54, 1.807) is 18.1 Å². The Hall–Kier alpha value is -2.72. The molecule has 0 bridgehead atoms. The second-order valence-corrected chi connectivity index (χ2v) is 11.2. The summed E-state index contributed by atoms with van der Waals surface area (Å²) >= 11 is 0.312. The van der Waals surface area contributed by atoms with Gasteiger partial charge in [-0.3, -0.25) is 0 Å². The van der Waals surface area contributed by atoms with Gasteiger partial charge >= 0.3 is 0 Å². The molecule has 0 spiro atoms. The fourth-order valence-electron chi connectivity index (χ4n) is 3.76. The maximum atomic E-state index is 13.2. The van der Waals surface area contributed by atoms with Gasteiger partial charge in [0.05, 0.1) is 12.3 Å². The molecule has 1 unspecified atom stereocenters. The molecule has 1 aliphatic carbocycles. The number of nitrogens with zero attached hydrogens (tertiary/aromatic N) is 4. The summed E-state index contributed by atoms with van der Waals surface area (Å²) in [4.78, 5) is 15.8. The summed E-state index contributed by atoms with van der Waals surface area (Å²) in [6.07, 6.45) is 4.78. The molecule has 7 nitrogen and oxygen atoms in total. The van der Waals surface area contributed by atoms with Crippen LogP contribution in [0.1, 0.15) is 31.9 Å². The summed E-state index contributed by atoms with van der Waals surface area (Å²) in [5.74, 6) is 0.413. The number of guanidine groups is 1. The van der Waals surface area contributed by atoms with Crippen LogP contribution in [0.15, 0.2) is 56.8 Å². The maximum Gasteiger partial charge on any atom is 0.232 e. The van der Waals surface area contributed by atoms with Gasteiger partial charge in [-0.25, -0.2) is 15.0 Å². The van der Waals surface area contributed by atoms with Crippen molar-refractivity contribution in [1.82, 2.24) is 9.88 Å². The van der Waals surface area contributed by atoms with Crippen LogP contribution in [-0.4, -0.2) is 57.7 Å². The van der Waals surface area contributed by atoms with Gasteiger partial charge in [0, 0.05) is 36.4 Å². The molecule has 34 heavy (non-hydrogen) atoms. The largest absolute Gasteiger partial charge is 0.611 e. The molecule has 0 amide bonds. The van der Waals surface area contributed by atoms with Gasteiger partial charge in [-0.1, -0.05) is 41.7 Å². The van der Waals surface area contributed by atoms with E-state index in [0.717, 1.165) is 56.1 Å². The number of nitrogen functional groups attached to an aromatic ring is 1. The van der Waals surface area contributed by atoms with Crippen LogP contribution in [0.4, 0.5) is 5.69 Å². The number of allylic oxidation sites excluding steroid dienone is 1. The highest BCUT2D eigenvalue weighted by molar-refractivity contribution is 7.94. The van der Waals surface area contributed by atoms with Crippen molar-refractivity contribution >= 4 is 56.7 Å². The molecule has 0 aliphatic heterocycles. The lowest BCUT2D eigenvalue weighted by atomic mass is 10.00. The lowest BCUT2D eigenvalue weighted by molar-refractivity contribution is 0.263. The molecular weight excluding hydrogens is 466 g/mol. The minimum atomic E-state index is -1.11. The summed E-state index contributed by atoms with van der Waals surface area (Å²) in [5, 5.41) is 10.2. The third-order valence-electron chi connectivity index (χ3n) is 5.98. The van der Waals surface area contributed by atoms with Crippen molar-refractivity contribution in [1.29, 1.82) is 0 Å². The SMILES string of the molecule is C=N/C(=N\C=C(/C)c1cc(-c2ccccc2)c2c(N)c([S+]([O-])C3CCC3)sc2n1)N(C)CCO. The number of hydrogen-bond acceptors (Lipinski definition) is 6. The standard InChI is InChI=1S/C25H29N5O2S2/c1-16(15-28-25(27-2)30(3)12-13-31)20-14-19(17-8-5-4-6-9-17)21-22(26)24(33-23(21)29-20)34(32)18-10-7-11-18/h4-6,8-9,14-15,18,31H,2,7,10-13,26H2,1,3H3/b16-15+,28-25+. The molecule has 0 radical (unpaired) electrons. The van der Waals surface area contributed by atoms with Crippen molar-refractivity contribution in [3.8, 4) is 11.1 Å². The van der Waals surface area contributed by atoms with Crippen molar-refractivity contribution in [2.75, 3.05) is 25.9 Å². The number of aliphatic imine (C=N–C) groups is 2. The van der Waals surface area contributed by atoms with Crippen LogP contribution in [-0.2, 0) is 11.2 Å². The van der Waals surface area contributed by atoms with Gasteiger partial charge in [0.2, 0.25) is 10.2 Å². The Labute approximate surface area is 206 Å². The monoisotopic (exact) mass is 495 g/mol. The molecule has 1 aliphatic rings. The molecule has 0 saturated heterocycles. The molecule has 1 aromatic carbocycles. The van der Waals surface area contributed by atoms with Gasteiger partial charge < -0.3 is 20.3 Å². The zero-order chi connectivity index (χ0) is 24.2. The van der Waals surface area contributed by atoms with E-state index in [9.17, 15) is 9.66 Å². The van der Waals surface area contributed by atoms with Crippen LogP contribution in [0.3, 0.4) is 0 Å². The number of rotatable bonds is 7. The Balaban J connectivity index is 1.82. The van der Waals surface area contributed by atoms with Crippen molar-refractivity contribution in [3.63, 3.8) is 0 Å². The average Bonchev–Trinajstić information content (AvgIpc) is 3.15. The molecule has 2 heterocycles. The predicted molar refractivity (Wildman–Crippen MR) is 144 cm³/mol. The lowest BCUT2D eigenvalue weighted by Crippen LogP contribution is -2.28. The van der Waals surface area contributed by atoms with Gasteiger partial charge in [-0.05, 0) is 55.7 Å². The van der Waals surface area contributed by atoms with Crippen LogP contribution in [0, 0.1) is 0 Å². The summed E-state index contributed by atoms with van der Waals surface area (Å²) < 4.78 is 13.9. The fraction of sp³-hybridized carbons (Fsp3) is 0.320. The Morgan fingerprint density at radius 1 is 1.38 bits per heavy atom. The van der Waals surface area contributed by atoms with E-state index in [0.29, 0.717) is 18.2 Å². The Morgan fingerprint density at radius 2 is 2.12 bits per heavy atom. The molecule has 2 aromatic heterocycles. The third-order valence-corrected chi connectivity index (χ3v) is 9.28. The number of anilines is 1.